The van der Waals surface area contributed by atoms with Gasteiger partial charge in [0.1, 0.15) is 6.54 Å². The van der Waals surface area contributed by atoms with Crippen LogP contribution < -0.4 is 16.1 Å². The highest BCUT2D eigenvalue weighted by Crippen LogP contribution is 2.60. The highest BCUT2D eigenvalue weighted by molar-refractivity contribution is 6.10. The molecular formula is C25H19F3N6O3. The highest BCUT2D eigenvalue weighted by Gasteiger charge is 2.60. The van der Waals surface area contributed by atoms with E-state index in [1.54, 1.807) is 29.0 Å². The average Bonchev–Trinajstić information content (AvgIpc) is 3.75. The van der Waals surface area contributed by atoms with Gasteiger partial charge in [-0.05, 0) is 54.4 Å². The second-order valence-corrected chi connectivity index (χ2v) is 9.98. The molecule has 1 amide bonds. The van der Waals surface area contributed by atoms with Crippen molar-refractivity contribution in [1.29, 1.82) is 0 Å². The van der Waals surface area contributed by atoms with Crippen LogP contribution in [-0.4, -0.2) is 43.2 Å². The fourth-order valence-electron chi connectivity index (χ4n) is 5.69. The van der Waals surface area contributed by atoms with E-state index in [2.05, 4.69) is 20.1 Å². The molecule has 1 aromatic carbocycles. The molecule has 188 valence electrons. The van der Waals surface area contributed by atoms with Crippen LogP contribution in [0, 0.1) is 0 Å². The van der Waals surface area contributed by atoms with E-state index >= 15 is 0 Å². The number of aromatic amines is 2. The molecule has 3 aromatic heterocycles. The van der Waals surface area contributed by atoms with Crippen molar-refractivity contribution in [2.24, 2.45) is 0 Å². The summed E-state index contributed by atoms with van der Waals surface area (Å²) in [6, 6.07) is 7.21. The maximum absolute atomic E-state index is 13.3. The number of halogens is 3. The molecule has 1 spiro atoms. The molecule has 4 heterocycles. The SMILES string of the molecule is O=C1N(CC(F)(F)F)c2cc([C@H]3CC3c3cc(-c4c[nH]c(=O)[nH]c4=O)nn4ccnc34)ccc2C12CC2. The van der Waals surface area contributed by atoms with Gasteiger partial charge in [-0.1, -0.05) is 12.1 Å². The number of amides is 1. The Hall–Kier alpha value is -4.22. The first-order valence-corrected chi connectivity index (χ1v) is 11.8. The fourth-order valence-corrected chi connectivity index (χ4v) is 5.69. The molecule has 4 aromatic rings. The largest absolute Gasteiger partial charge is 0.406 e. The lowest BCUT2D eigenvalue weighted by molar-refractivity contribution is -0.132. The summed E-state index contributed by atoms with van der Waals surface area (Å²) in [6.07, 6.45) is 1.93. The number of carbonyl (C=O) groups is 1. The Kier molecular flexibility index (Phi) is 4.27. The van der Waals surface area contributed by atoms with E-state index in [0.29, 0.717) is 35.4 Å². The fraction of sp³-hybridized carbons (Fsp3) is 0.320. The molecule has 12 heteroatoms. The molecule has 0 radical (unpaired) electrons. The summed E-state index contributed by atoms with van der Waals surface area (Å²) >= 11 is 0. The summed E-state index contributed by atoms with van der Waals surface area (Å²) < 4.78 is 41.4. The molecule has 3 aliphatic rings. The lowest BCUT2D eigenvalue weighted by Gasteiger charge is -2.20. The average molecular weight is 508 g/mol. The minimum absolute atomic E-state index is 0.00500. The van der Waals surface area contributed by atoms with Gasteiger partial charge in [0.15, 0.2) is 5.65 Å². The van der Waals surface area contributed by atoms with Crippen molar-refractivity contribution < 1.29 is 18.0 Å². The monoisotopic (exact) mass is 508 g/mol. The van der Waals surface area contributed by atoms with E-state index in [0.717, 1.165) is 22.4 Å². The molecule has 2 atom stereocenters. The third-order valence-electron chi connectivity index (χ3n) is 7.67. The lowest BCUT2D eigenvalue weighted by Crippen LogP contribution is -2.39. The number of nitrogens with one attached hydrogen (secondary N) is 2. The van der Waals surface area contributed by atoms with Gasteiger partial charge >= 0.3 is 11.9 Å². The van der Waals surface area contributed by atoms with E-state index in [-0.39, 0.29) is 17.4 Å². The number of hydrogen-bond donors (Lipinski definition) is 2. The molecular weight excluding hydrogens is 489 g/mol. The summed E-state index contributed by atoms with van der Waals surface area (Å²) in [6.45, 7) is -1.30. The minimum atomic E-state index is -4.50. The van der Waals surface area contributed by atoms with Crippen LogP contribution in [0.5, 0.6) is 0 Å². The number of hydrogen-bond acceptors (Lipinski definition) is 5. The number of imidazole rings is 1. The van der Waals surface area contributed by atoms with Gasteiger partial charge in [0, 0.05) is 29.8 Å². The van der Waals surface area contributed by atoms with E-state index in [1.165, 1.54) is 6.20 Å². The first-order valence-electron chi connectivity index (χ1n) is 11.8. The van der Waals surface area contributed by atoms with E-state index in [9.17, 15) is 27.6 Å². The molecule has 1 unspecified atom stereocenters. The van der Waals surface area contributed by atoms with Crippen molar-refractivity contribution in [1.82, 2.24) is 24.6 Å². The van der Waals surface area contributed by atoms with Gasteiger partial charge in [-0.15, -0.1) is 0 Å². The molecule has 2 fully saturated rings. The van der Waals surface area contributed by atoms with Gasteiger partial charge in [-0.3, -0.25) is 14.6 Å². The summed E-state index contributed by atoms with van der Waals surface area (Å²) in [5.41, 5.74) is 1.90. The maximum Gasteiger partial charge on any atom is 0.406 e. The lowest BCUT2D eigenvalue weighted by atomic mass is 9.95. The smallest absolute Gasteiger partial charge is 0.313 e. The number of alkyl halides is 3. The van der Waals surface area contributed by atoms with Crippen LogP contribution in [0.4, 0.5) is 18.9 Å². The van der Waals surface area contributed by atoms with Crippen molar-refractivity contribution in [2.45, 2.75) is 42.7 Å². The highest BCUT2D eigenvalue weighted by atomic mass is 19.4. The zero-order chi connectivity index (χ0) is 25.7. The molecule has 2 saturated carbocycles. The molecule has 1 aliphatic heterocycles. The topological polar surface area (TPSA) is 116 Å². The first kappa shape index (κ1) is 22.0. The number of rotatable bonds is 4. The summed E-state index contributed by atoms with van der Waals surface area (Å²) in [7, 11) is 0. The number of benzene rings is 1. The van der Waals surface area contributed by atoms with Crippen LogP contribution in [0.15, 0.2) is 52.4 Å². The van der Waals surface area contributed by atoms with E-state index in [4.69, 9.17) is 0 Å². The standard InChI is InChI=1S/C25H19F3N6O3/c26-25(27,28)11-33-19-7-12(1-2-17(19)24(3-4-24)22(33)36)13-8-14(13)15-9-18(32-34-6-5-29-20(15)34)16-10-30-23(37)31-21(16)35/h1-2,5-7,9-10,13-14H,3-4,8,11H2,(H2,30,31,35,37)/t13-,14?/m1/s1. The van der Waals surface area contributed by atoms with E-state index in [1.807, 2.05) is 12.1 Å². The number of nitrogens with zero attached hydrogens (tertiary/aromatic N) is 4. The molecule has 2 N–H and O–H groups in total. The quantitative estimate of drug-likeness (QED) is 0.440. The molecule has 37 heavy (non-hydrogen) atoms. The first-order chi connectivity index (χ1) is 17.6. The van der Waals surface area contributed by atoms with Crippen LogP contribution in [-0.2, 0) is 10.2 Å². The van der Waals surface area contributed by atoms with Crippen LogP contribution in [0.25, 0.3) is 16.9 Å². The Balaban J connectivity index is 1.26. The molecule has 0 bridgehead atoms. The zero-order valence-corrected chi connectivity index (χ0v) is 19.2. The molecule has 0 saturated heterocycles. The second kappa shape index (κ2) is 7.17. The van der Waals surface area contributed by atoms with Gasteiger partial charge in [0.2, 0.25) is 5.91 Å². The van der Waals surface area contributed by atoms with Gasteiger partial charge in [0.05, 0.1) is 16.7 Å². The number of fused-ring (bicyclic) bond motifs is 3. The Morgan fingerprint density at radius 2 is 1.92 bits per heavy atom. The van der Waals surface area contributed by atoms with Gasteiger partial charge in [0.25, 0.3) is 5.56 Å². The summed E-state index contributed by atoms with van der Waals surface area (Å²) in [5.74, 6) is -0.462. The number of aromatic nitrogens is 5. The number of anilines is 1. The summed E-state index contributed by atoms with van der Waals surface area (Å²) in [5, 5.41) is 4.45. The van der Waals surface area contributed by atoms with Crippen LogP contribution in [0.3, 0.4) is 0 Å². The predicted molar refractivity (Wildman–Crippen MR) is 126 cm³/mol. The van der Waals surface area contributed by atoms with Crippen LogP contribution in [0.1, 0.15) is 47.8 Å². The summed E-state index contributed by atoms with van der Waals surface area (Å²) in [4.78, 5) is 46.7. The third-order valence-corrected chi connectivity index (χ3v) is 7.67. The predicted octanol–water partition coefficient (Wildman–Crippen LogP) is 2.98. The Labute approximate surface area is 206 Å². The molecule has 7 rings (SSSR count). The number of carbonyl (C=O) groups excluding carboxylic acids is 1. The van der Waals surface area contributed by atoms with Gasteiger partial charge in [-0.25, -0.2) is 14.3 Å². The zero-order valence-electron chi connectivity index (χ0n) is 19.2. The number of H-pyrrole nitrogens is 2. The van der Waals surface area contributed by atoms with Crippen LogP contribution >= 0.6 is 0 Å². The van der Waals surface area contributed by atoms with Gasteiger partial charge in [-0.2, -0.15) is 18.3 Å². The van der Waals surface area contributed by atoms with Crippen molar-refractivity contribution in [2.75, 3.05) is 11.4 Å². The normalized spacial score (nSPS) is 21.6. The molecule has 2 aliphatic carbocycles. The molecule has 9 nitrogen and oxygen atoms in total. The van der Waals surface area contributed by atoms with Gasteiger partial charge < -0.3 is 9.88 Å². The Morgan fingerprint density at radius 3 is 2.65 bits per heavy atom. The minimum Gasteiger partial charge on any atom is -0.313 e. The van der Waals surface area contributed by atoms with Crippen molar-refractivity contribution in [3.8, 4) is 11.3 Å². The van der Waals surface area contributed by atoms with E-state index < -0.39 is 35.3 Å². The Morgan fingerprint density at radius 1 is 1.11 bits per heavy atom. The van der Waals surface area contributed by atoms with Crippen molar-refractivity contribution >= 4 is 17.2 Å². The third kappa shape index (κ3) is 3.35. The maximum atomic E-state index is 13.3. The second-order valence-electron chi connectivity index (χ2n) is 9.98. The Bertz CT molecular complexity index is 1730. The van der Waals surface area contributed by atoms with Crippen molar-refractivity contribution in [3.63, 3.8) is 0 Å². The van der Waals surface area contributed by atoms with Crippen molar-refractivity contribution in [3.05, 3.63) is 80.4 Å². The van der Waals surface area contributed by atoms with Crippen LogP contribution in [0.2, 0.25) is 0 Å².